The summed E-state index contributed by atoms with van der Waals surface area (Å²) in [7, 11) is 1.41. The Kier molecular flexibility index (Phi) is 6.39. The highest BCUT2D eigenvalue weighted by Crippen LogP contribution is 2.35. The van der Waals surface area contributed by atoms with Crippen LogP contribution < -0.4 is 4.74 Å². The topological polar surface area (TPSA) is 27.7 Å². The van der Waals surface area contributed by atoms with E-state index in [4.69, 9.17) is 14.2 Å². The lowest BCUT2D eigenvalue weighted by molar-refractivity contribution is -0.167. The number of hydrogen-bond acceptors (Lipinski definition) is 3. The van der Waals surface area contributed by atoms with Gasteiger partial charge in [-0.05, 0) is 37.0 Å². The Morgan fingerprint density at radius 3 is 2.44 bits per heavy atom. The van der Waals surface area contributed by atoms with E-state index in [1.54, 1.807) is 0 Å². The van der Waals surface area contributed by atoms with Gasteiger partial charge in [-0.3, -0.25) is 0 Å². The van der Waals surface area contributed by atoms with E-state index in [2.05, 4.69) is 0 Å². The maximum absolute atomic E-state index is 14.7. The summed E-state index contributed by atoms with van der Waals surface area (Å²) in [5.41, 5.74) is 0.128. The minimum atomic E-state index is -1.05. The molecule has 0 N–H and O–H groups in total. The monoisotopic (exact) mass is 380 g/mol. The highest BCUT2D eigenvalue weighted by Gasteiger charge is 2.27. The molecule has 146 valence electrons. The highest BCUT2D eigenvalue weighted by molar-refractivity contribution is 5.66. The number of halogens is 3. The van der Waals surface area contributed by atoms with Crippen LogP contribution >= 0.6 is 0 Å². The zero-order valence-corrected chi connectivity index (χ0v) is 15.4. The molecule has 1 fully saturated rings. The van der Waals surface area contributed by atoms with Crippen molar-refractivity contribution in [1.29, 1.82) is 0 Å². The fraction of sp³-hybridized carbons (Fsp3) is 0.429. The molecule has 1 heterocycles. The Morgan fingerprint density at radius 1 is 1.04 bits per heavy atom. The Morgan fingerprint density at radius 2 is 1.81 bits per heavy atom. The molecule has 1 saturated heterocycles. The Bertz CT molecular complexity index is 786. The van der Waals surface area contributed by atoms with Gasteiger partial charge < -0.3 is 14.2 Å². The van der Waals surface area contributed by atoms with Crippen molar-refractivity contribution >= 4 is 0 Å². The Balaban J connectivity index is 1.80. The summed E-state index contributed by atoms with van der Waals surface area (Å²) in [5, 5.41) is 0. The zero-order valence-electron chi connectivity index (χ0n) is 15.4. The van der Waals surface area contributed by atoms with Crippen molar-refractivity contribution in [2.45, 2.75) is 38.4 Å². The van der Waals surface area contributed by atoms with Crippen molar-refractivity contribution in [2.24, 2.45) is 0 Å². The second-order valence-electron chi connectivity index (χ2n) is 6.58. The molecule has 2 atom stereocenters. The summed E-state index contributed by atoms with van der Waals surface area (Å²) >= 11 is 0. The van der Waals surface area contributed by atoms with E-state index in [9.17, 15) is 13.2 Å². The third kappa shape index (κ3) is 4.28. The molecule has 3 rings (SSSR count). The van der Waals surface area contributed by atoms with Crippen LogP contribution in [0.2, 0.25) is 0 Å². The van der Waals surface area contributed by atoms with E-state index in [-0.39, 0.29) is 35.5 Å². The average molecular weight is 380 g/mol. The lowest BCUT2D eigenvalue weighted by atomic mass is 9.90. The van der Waals surface area contributed by atoms with Gasteiger partial charge in [-0.1, -0.05) is 19.1 Å². The fourth-order valence-corrected chi connectivity index (χ4v) is 3.28. The summed E-state index contributed by atoms with van der Waals surface area (Å²) in [6.45, 7) is 2.89. The van der Waals surface area contributed by atoms with Gasteiger partial charge in [0.2, 0.25) is 0 Å². The highest BCUT2D eigenvalue weighted by atomic mass is 19.2. The molecule has 0 aliphatic carbocycles. The molecule has 3 nitrogen and oxygen atoms in total. The van der Waals surface area contributed by atoms with Gasteiger partial charge in [0.1, 0.15) is 11.6 Å². The van der Waals surface area contributed by atoms with E-state index < -0.39 is 17.5 Å². The van der Waals surface area contributed by atoms with Gasteiger partial charge in [0, 0.05) is 29.7 Å². The molecule has 2 aromatic rings. The van der Waals surface area contributed by atoms with Gasteiger partial charge in [-0.25, -0.2) is 13.2 Å². The van der Waals surface area contributed by atoms with Crippen LogP contribution in [0.25, 0.3) is 11.1 Å². The molecule has 2 aromatic carbocycles. The quantitative estimate of drug-likeness (QED) is 0.669. The second kappa shape index (κ2) is 8.76. The molecule has 6 heteroatoms. The molecule has 0 amide bonds. The molecule has 27 heavy (non-hydrogen) atoms. The second-order valence-corrected chi connectivity index (χ2v) is 6.58. The first-order valence-electron chi connectivity index (χ1n) is 9.10. The third-order valence-corrected chi connectivity index (χ3v) is 4.76. The van der Waals surface area contributed by atoms with Crippen LogP contribution in [0.4, 0.5) is 13.2 Å². The van der Waals surface area contributed by atoms with E-state index in [0.717, 1.165) is 12.5 Å². The molecule has 0 aromatic heterocycles. The maximum atomic E-state index is 14.7. The molecule has 1 aliphatic rings. The van der Waals surface area contributed by atoms with Crippen LogP contribution in [0.5, 0.6) is 5.75 Å². The van der Waals surface area contributed by atoms with Crippen molar-refractivity contribution < 1.29 is 27.4 Å². The summed E-state index contributed by atoms with van der Waals surface area (Å²) < 4.78 is 59.7. The molecular formula is C21H23F3O3. The summed E-state index contributed by atoms with van der Waals surface area (Å²) in [6.07, 6.45) is 1.87. The van der Waals surface area contributed by atoms with Gasteiger partial charge in [0.15, 0.2) is 17.9 Å². The summed E-state index contributed by atoms with van der Waals surface area (Å²) in [5.74, 6) is -2.62. The number of benzene rings is 2. The fourth-order valence-electron chi connectivity index (χ4n) is 3.28. The van der Waals surface area contributed by atoms with Gasteiger partial charge >= 0.3 is 0 Å². The number of rotatable bonds is 6. The molecule has 1 aliphatic heterocycles. The smallest absolute Gasteiger partial charge is 0.167 e. The minimum Gasteiger partial charge on any atom is -0.497 e. The van der Waals surface area contributed by atoms with Crippen molar-refractivity contribution in [2.75, 3.05) is 20.3 Å². The van der Waals surface area contributed by atoms with E-state index in [1.165, 1.54) is 31.4 Å². The number of hydrogen-bond donors (Lipinski definition) is 0. The van der Waals surface area contributed by atoms with Gasteiger partial charge in [0.05, 0.1) is 13.7 Å². The molecule has 2 unspecified atom stereocenters. The van der Waals surface area contributed by atoms with Crippen LogP contribution in [0.3, 0.4) is 0 Å². The maximum Gasteiger partial charge on any atom is 0.167 e. The molecule has 0 spiro atoms. The average Bonchev–Trinajstić information content (AvgIpc) is 2.69. The predicted molar refractivity (Wildman–Crippen MR) is 96.3 cm³/mol. The first-order chi connectivity index (χ1) is 13.0. The molecule has 0 saturated carbocycles. The van der Waals surface area contributed by atoms with Gasteiger partial charge in [-0.15, -0.1) is 0 Å². The van der Waals surface area contributed by atoms with Crippen LogP contribution in [0, 0.1) is 17.5 Å². The number of ether oxygens (including phenoxy) is 3. The summed E-state index contributed by atoms with van der Waals surface area (Å²) in [4.78, 5) is 0. The SMILES string of the molecule is CCCOC1CCC(c2ccc(-c3ccc(OC)cc3F)c(F)c2F)CO1. The van der Waals surface area contributed by atoms with Crippen LogP contribution in [-0.4, -0.2) is 26.6 Å². The molecule has 0 bridgehead atoms. The van der Waals surface area contributed by atoms with Crippen molar-refractivity contribution in [3.05, 3.63) is 53.3 Å². The Hall–Kier alpha value is -2.05. The largest absolute Gasteiger partial charge is 0.497 e. The lowest BCUT2D eigenvalue weighted by Crippen LogP contribution is -2.28. The van der Waals surface area contributed by atoms with Crippen LogP contribution in [0.15, 0.2) is 30.3 Å². The molecular weight excluding hydrogens is 357 g/mol. The van der Waals surface area contributed by atoms with Gasteiger partial charge in [0.25, 0.3) is 0 Å². The summed E-state index contributed by atoms with van der Waals surface area (Å²) in [6, 6.07) is 6.96. The van der Waals surface area contributed by atoms with Crippen LogP contribution in [-0.2, 0) is 9.47 Å². The standard InChI is InChI=1S/C21H23F3O3/c1-3-10-26-19-9-4-13(12-27-19)15-7-8-17(21(24)20(15)23)16-6-5-14(25-2)11-18(16)22/h5-8,11,13,19H,3-4,9-10,12H2,1-2H3. The van der Waals surface area contributed by atoms with Crippen molar-refractivity contribution in [3.8, 4) is 16.9 Å². The first kappa shape index (κ1) is 19.7. The van der Waals surface area contributed by atoms with E-state index in [0.29, 0.717) is 25.2 Å². The van der Waals surface area contributed by atoms with E-state index >= 15 is 0 Å². The first-order valence-corrected chi connectivity index (χ1v) is 9.10. The van der Waals surface area contributed by atoms with Crippen LogP contribution in [0.1, 0.15) is 37.7 Å². The number of methoxy groups -OCH3 is 1. The zero-order chi connectivity index (χ0) is 19.4. The minimum absolute atomic E-state index is 0.00771. The van der Waals surface area contributed by atoms with E-state index in [1.807, 2.05) is 6.92 Å². The van der Waals surface area contributed by atoms with Gasteiger partial charge in [-0.2, -0.15) is 0 Å². The third-order valence-electron chi connectivity index (χ3n) is 4.76. The normalized spacial score (nSPS) is 19.9. The Labute approximate surface area is 157 Å². The lowest BCUT2D eigenvalue weighted by Gasteiger charge is -2.29. The predicted octanol–water partition coefficient (Wildman–Crippen LogP) is 5.43. The van der Waals surface area contributed by atoms with Crippen molar-refractivity contribution in [1.82, 2.24) is 0 Å². The van der Waals surface area contributed by atoms with Crippen molar-refractivity contribution in [3.63, 3.8) is 0 Å². The molecule has 0 radical (unpaired) electrons.